The molecule has 0 aliphatic heterocycles. The molecule has 0 bridgehead atoms. The minimum absolute atomic E-state index is 0.0855. The molecule has 0 N–H and O–H groups in total. The van der Waals surface area contributed by atoms with Crippen LogP contribution in [-0.4, -0.2) is 13.3 Å². The zero-order chi connectivity index (χ0) is 14.1. The minimum atomic E-state index is 0.0855. The molecule has 110 valence electrons. The lowest BCUT2D eigenvalue weighted by Crippen LogP contribution is -2.37. The van der Waals surface area contributed by atoms with Gasteiger partial charge in [0.05, 0.1) is 5.60 Å². The van der Waals surface area contributed by atoms with Crippen LogP contribution < -0.4 is 4.65 Å². The number of para-hydroxylation sites is 1. The monoisotopic (exact) mass is 274 g/mol. The summed E-state index contributed by atoms with van der Waals surface area (Å²) in [6, 6.07) is 9.95. The molecule has 1 aromatic rings. The summed E-state index contributed by atoms with van der Waals surface area (Å²) in [6.45, 7) is 2.26. The van der Waals surface area contributed by atoms with E-state index in [2.05, 4.69) is 6.92 Å². The second-order valence-electron chi connectivity index (χ2n) is 5.92. The molecular formula is C17H27BO2. The van der Waals surface area contributed by atoms with Crippen LogP contribution in [0.25, 0.3) is 0 Å². The Labute approximate surface area is 124 Å². The zero-order valence-corrected chi connectivity index (χ0v) is 12.8. The highest BCUT2D eigenvalue weighted by Crippen LogP contribution is 2.35. The van der Waals surface area contributed by atoms with Gasteiger partial charge in [-0.2, -0.15) is 0 Å². The summed E-state index contributed by atoms with van der Waals surface area (Å²) in [5, 5.41) is 0. The van der Waals surface area contributed by atoms with Gasteiger partial charge in [-0.15, -0.1) is 0 Å². The van der Waals surface area contributed by atoms with E-state index in [9.17, 15) is 0 Å². The molecule has 3 heteroatoms. The Morgan fingerprint density at radius 2 is 1.80 bits per heavy atom. The van der Waals surface area contributed by atoms with Gasteiger partial charge < -0.3 is 9.31 Å². The van der Waals surface area contributed by atoms with Crippen molar-refractivity contribution >= 4 is 7.69 Å². The highest BCUT2D eigenvalue weighted by Gasteiger charge is 2.32. The van der Waals surface area contributed by atoms with Gasteiger partial charge in [-0.25, -0.2) is 0 Å². The summed E-state index contributed by atoms with van der Waals surface area (Å²) in [6.07, 6.45) is 11.4. The first-order chi connectivity index (χ1) is 9.85. The molecule has 20 heavy (non-hydrogen) atoms. The van der Waals surface area contributed by atoms with Gasteiger partial charge >= 0.3 is 7.69 Å². The van der Waals surface area contributed by atoms with Crippen molar-refractivity contribution in [2.75, 3.05) is 0 Å². The highest BCUT2D eigenvalue weighted by atomic mass is 16.6. The molecule has 1 aliphatic rings. The zero-order valence-electron chi connectivity index (χ0n) is 12.8. The Balaban J connectivity index is 1.80. The third-order valence-electron chi connectivity index (χ3n) is 4.33. The van der Waals surface area contributed by atoms with E-state index in [-0.39, 0.29) is 5.60 Å². The topological polar surface area (TPSA) is 18.5 Å². The number of hydrogen-bond donors (Lipinski definition) is 0. The molecule has 2 nitrogen and oxygen atoms in total. The maximum atomic E-state index is 6.20. The predicted molar refractivity (Wildman–Crippen MR) is 85.3 cm³/mol. The quantitative estimate of drug-likeness (QED) is 0.508. The van der Waals surface area contributed by atoms with Gasteiger partial charge in [-0.3, -0.25) is 0 Å². The molecule has 0 unspecified atom stereocenters. The van der Waals surface area contributed by atoms with E-state index >= 15 is 0 Å². The molecule has 1 aromatic carbocycles. The average molecular weight is 274 g/mol. The molecule has 0 saturated heterocycles. The van der Waals surface area contributed by atoms with Gasteiger partial charge in [0, 0.05) is 0 Å². The summed E-state index contributed by atoms with van der Waals surface area (Å²) < 4.78 is 11.9. The second-order valence-corrected chi connectivity index (χ2v) is 5.92. The first kappa shape index (κ1) is 15.4. The van der Waals surface area contributed by atoms with E-state index in [1.807, 2.05) is 30.3 Å². The molecule has 2 rings (SSSR count). The normalized spacial score (nSPS) is 17.6. The van der Waals surface area contributed by atoms with Gasteiger partial charge in [-0.1, -0.05) is 63.6 Å². The minimum Gasteiger partial charge on any atom is -0.539 e. The SMILES string of the molecule is CCCCCC1(OBOc2ccccc2)CCCCC1. The number of benzene rings is 1. The van der Waals surface area contributed by atoms with E-state index in [0.29, 0.717) is 7.69 Å². The Bertz CT molecular complexity index is 361. The smallest absolute Gasteiger partial charge is 0.507 e. The summed E-state index contributed by atoms with van der Waals surface area (Å²) in [4.78, 5) is 0. The van der Waals surface area contributed by atoms with Gasteiger partial charge in [0.25, 0.3) is 0 Å². The first-order valence-electron chi connectivity index (χ1n) is 8.16. The van der Waals surface area contributed by atoms with Crippen molar-refractivity contribution in [1.82, 2.24) is 0 Å². The van der Waals surface area contributed by atoms with Crippen molar-refractivity contribution < 1.29 is 9.31 Å². The summed E-state index contributed by atoms with van der Waals surface area (Å²) >= 11 is 0. The van der Waals surface area contributed by atoms with Crippen molar-refractivity contribution in [3.8, 4) is 5.75 Å². The maximum absolute atomic E-state index is 6.20. The summed E-state index contributed by atoms with van der Waals surface area (Å²) in [5.74, 6) is 0.895. The largest absolute Gasteiger partial charge is 0.539 e. The van der Waals surface area contributed by atoms with E-state index in [1.165, 1.54) is 57.8 Å². The van der Waals surface area contributed by atoms with Crippen molar-refractivity contribution in [3.63, 3.8) is 0 Å². The predicted octanol–water partition coefficient (Wildman–Crippen LogP) is 4.63. The van der Waals surface area contributed by atoms with E-state index < -0.39 is 0 Å². The third-order valence-corrected chi connectivity index (χ3v) is 4.33. The van der Waals surface area contributed by atoms with Crippen LogP contribution in [0, 0.1) is 0 Å². The first-order valence-corrected chi connectivity index (χ1v) is 8.16. The molecule has 1 fully saturated rings. The maximum Gasteiger partial charge on any atom is 0.507 e. The number of rotatable bonds is 8. The molecule has 1 saturated carbocycles. The number of unbranched alkanes of at least 4 members (excludes halogenated alkanes) is 2. The molecule has 0 aromatic heterocycles. The lowest BCUT2D eigenvalue weighted by Gasteiger charge is -2.37. The third kappa shape index (κ3) is 4.86. The molecule has 1 aliphatic carbocycles. The molecule has 0 heterocycles. The lowest BCUT2D eigenvalue weighted by molar-refractivity contribution is 0.0119. The van der Waals surface area contributed by atoms with Crippen LogP contribution in [0.4, 0.5) is 0 Å². The lowest BCUT2D eigenvalue weighted by atomic mass is 9.80. The van der Waals surface area contributed by atoms with Gasteiger partial charge in [0.2, 0.25) is 0 Å². The van der Waals surface area contributed by atoms with Crippen LogP contribution >= 0.6 is 0 Å². The van der Waals surface area contributed by atoms with Crippen LogP contribution in [0.1, 0.15) is 64.7 Å². The van der Waals surface area contributed by atoms with Crippen LogP contribution in [0.2, 0.25) is 0 Å². The Morgan fingerprint density at radius 1 is 1.05 bits per heavy atom. The standard InChI is InChI=1S/C17H27BO2/c1-2-3-8-13-17(14-9-5-10-15-17)20-18-19-16-11-6-4-7-12-16/h4,6-7,11-12,18H,2-3,5,8-10,13-15H2,1H3. The van der Waals surface area contributed by atoms with Crippen LogP contribution in [-0.2, 0) is 4.65 Å². The van der Waals surface area contributed by atoms with Gasteiger partial charge in [0.15, 0.2) is 0 Å². The molecule has 0 atom stereocenters. The average Bonchev–Trinajstić information content (AvgIpc) is 2.50. The Morgan fingerprint density at radius 3 is 2.50 bits per heavy atom. The van der Waals surface area contributed by atoms with Crippen LogP contribution in [0.3, 0.4) is 0 Å². The van der Waals surface area contributed by atoms with E-state index in [0.717, 1.165) is 5.75 Å². The van der Waals surface area contributed by atoms with Crippen LogP contribution in [0.15, 0.2) is 30.3 Å². The van der Waals surface area contributed by atoms with Crippen molar-refractivity contribution in [3.05, 3.63) is 30.3 Å². The summed E-state index contributed by atoms with van der Waals surface area (Å²) in [7, 11) is 0.385. The van der Waals surface area contributed by atoms with Crippen molar-refractivity contribution in [1.29, 1.82) is 0 Å². The molecule has 0 spiro atoms. The van der Waals surface area contributed by atoms with Crippen molar-refractivity contribution in [2.45, 2.75) is 70.3 Å². The number of hydrogen-bond acceptors (Lipinski definition) is 2. The molecule has 0 amide bonds. The Kier molecular flexibility index (Phi) is 6.45. The van der Waals surface area contributed by atoms with Gasteiger partial charge in [-0.05, 0) is 31.4 Å². The highest BCUT2D eigenvalue weighted by molar-refractivity contribution is 6.19. The van der Waals surface area contributed by atoms with E-state index in [4.69, 9.17) is 9.31 Å². The summed E-state index contributed by atoms with van der Waals surface area (Å²) in [5.41, 5.74) is 0.0855. The van der Waals surface area contributed by atoms with Crippen molar-refractivity contribution in [2.24, 2.45) is 0 Å². The van der Waals surface area contributed by atoms with E-state index in [1.54, 1.807) is 0 Å². The fourth-order valence-corrected chi connectivity index (χ4v) is 3.10. The molecular weight excluding hydrogens is 247 g/mol. The Hall–Kier alpha value is -0.955. The fraction of sp³-hybridized carbons (Fsp3) is 0.647. The van der Waals surface area contributed by atoms with Crippen LogP contribution in [0.5, 0.6) is 5.75 Å². The fourth-order valence-electron chi connectivity index (χ4n) is 3.10. The van der Waals surface area contributed by atoms with Gasteiger partial charge in [0.1, 0.15) is 5.75 Å². The molecule has 0 radical (unpaired) electrons. The second kappa shape index (κ2) is 8.36.